The SMILES string of the molecule is CCc1nnn(-c2ccccc2C)c1C(=O)O. The van der Waals surface area contributed by atoms with Crippen LogP contribution in [0.1, 0.15) is 28.7 Å². The maximum Gasteiger partial charge on any atom is 0.356 e. The summed E-state index contributed by atoms with van der Waals surface area (Å²) in [6.07, 6.45) is 0.549. The molecular formula is C12H13N3O2. The summed E-state index contributed by atoms with van der Waals surface area (Å²) in [6, 6.07) is 7.49. The second kappa shape index (κ2) is 4.37. The van der Waals surface area contributed by atoms with Crippen LogP contribution >= 0.6 is 0 Å². The summed E-state index contributed by atoms with van der Waals surface area (Å²) >= 11 is 0. The number of aryl methyl sites for hydroxylation is 2. The molecule has 0 aliphatic rings. The summed E-state index contributed by atoms with van der Waals surface area (Å²) in [6.45, 7) is 3.77. The smallest absolute Gasteiger partial charge is 0.356 e. The van der Waals surface area contributed by atoms with Crippen LogP contribution in [0.15, 0.2) is 24.3 Å². The molecule has 0 amide bonds. The number of rotatable bonds is 3. The summed E-state index contributed by atoms with van der Waals surface area (Å²) in [5, 5.41) is 17.0. The molecule has 17 heavy (non-hydrogen) atoms. The molecule has 0 radical (unpaired) electrons. The molecule has 1 N–H and O–H groups in total. The molecule has 2 rings (SSSR count). The van der Waals surface area contributed by atoms with Gasteiger partial charge in [0.2, 0.25) is 0 Å². The predicted octanol–water partition coefficient (Wildman–Crippen LogP) is 1.84. The molecule has 88 valence electrons. The van der Waals surface area contributed by atoms with Gasteiger partial charge in [-0.2, -0.15) is 0 Å². The molecular weight excluding hydrogens is 218 g/mol. The van der Waals surface area contributed by atoms with Crippen molar-refractivity contribution in [1.29, 1.82) is 0 Å². The number of carbonyl (C=O) groups is 1. The third-order valence-corrected chi connectivity index (χ3v) is 2.62. The van der Waals surface area contributed by atoms with E-state index < -0.39 is 5.97 Å². The molecule has 0 aliphatic heterocycles. The minimum absolute atomic E-state index is 0.141. The van der Waals surface area contributed by atoms with Crippen molar-refractivity contribution in [3.8, 4) is 5.69 Å². The standard InChI is InChI=1S/C12H13N3O2/c1-3-9-11(12(16)17)15(14-13-9)10-7-5-4-6-8(10)2/h4-7H,3H2,1-2H3,(H,16,17). The van der Waals surface area contributed by atoms with Gasteiger partial charge in [-0.25, -0.2) is 9.48 Å². The molecule has 0 saturated heterocycles. The molecule has 1 aromatic heterocycles. The first-order chi connectivity index (χ1) is 8.15. The van der Waals surface area contributed by atoms with Gasteiger partial charge in [-0.15, -0.1) is 5.10 Å². The monoisotopic (exact) mass is 231 g/mol. The second-order valence-electron chi connectivity index (χ2n) is 3.74. The summed E-state index contributed by atoms with van der Waals surface area (Å²) < 4.78 is 1.39. The van der Waals surface area contributed by atoms with Gasteiger partial charge in [-0.3, -0.25) is 0 Å². The van der Waals surface area contributed by atoms with E-state index in [0.717, 1.165) is 11.3 Å². The van der Waals surface area contributed by atoms with Gasteiger partial charge in [0.1, 0.15) is 0 Å². The normalized spacial score (nSPS) is 10.5. The third kappa shape index (κ3) is 1.91. The van der Waals surface area contributed by atoms with Gasteiger partial charge in [-0.1, -0.05) is 30.3 Å². The van der Waals surface area contributed by atoms with E-state index in [1.54, 1.807) is 0 Å². The van der Waals surface area contributed by atoms with Crippen molar-refractivity contribution in [2.24, 2.45) is 0 Å². The zero-order chi connectivity index (χ0) is 12.4. The maximum atomic E-state index is 11.2. The Morgan fingerprint density at radius 1 is 1.41 bits per heavy atom. The lowest BCUT2D eigenvalue weighted by Gasteiger charge is -2.06. The fourth-order valence-electron chi connectivity index (χ4n) is 1.73. The minimum atomic E-state index is -1.00. The van der Waals surface area contributed by atoms with Crippen LogP contribution in [0.5, 0.6) is 0 Å². The van der Waals surface area contributed by atoms with Crippen LogP contribution in [-0.2, 0) is 6.42 Å². The largest absolute Gasteiger partial charge is 0.476 e. The van der Waals surface area contributed by atoms with Gasteiger partial charge in [0.25, 0.3) is 0 Å². The number of aromatic carboxylic acids is 1. The van der Waals surface area contributed by atoms with Gasteiger partial charge < -0.3 is 5.11 Å². The number of hydrogen-bond acceptors (Lipinski definition) is 3. The van der Waals surface area contributed by atoms with E-state index in [1.165, 1.54) is 4.68 Å². The molecule has 5 heteroatoms. The molecule has 5 nitrogen and oxygen atoms in total. The number of para-hydroxylation sites is 1. The van der Waals surface area contributed by atoms with Crippen LogP contribution < -0.4 is 0 Å². The first-order valence-electron chi connectivity index (χ1n) is 5.39. The molecule has 0 aliphatic carbocycles. The maximum absolute atomic E-state index is 11.2. The molecule has 2 aromatic rings. The molecule has 0 unspecified atom stereocenters. The van der Waals surface area contributed by atoms with Gasteiger partial charge in [-0.05, 0) is 25.0 Å². The summed E-state index contributed by atoms with van der Waals surface area (Å²) in [7, 11) is 0. The summed E-state index contributed by atoms with van der Waals surface area (Å²) in [4.78, 5) is 11.2. The average Bonchev–Trinajstić information content (AvgIpc) is 2.73. The Bertz CT molecular complexity index is 561. The lowest BCUT2D eigenvalue weighted by Crippen LogP contribution is -2.10. The van der Waals surface area contributed by atoms with E-state index in [-0.39, 0.29) is 5.69 Å². The first kappa shape index (κ1) is 11.3. The number of carboxylic acids is 1. The van der Waals surface area contributed by atoms with Crippen LogP contribution in [0.3, 0.4) is 0 Å². The quantitative estimate of drug-likeness (QED) is 0.875. The van der Waals surface area contributed by atoms with Crippen molar-refractivity contribution >= 4 is 5.97 Å². The average molecular weight is 231 g/mol. The Labute approximate surface area is 98.7 Å². The van der Waals surface area contributed by atoms with Gasteiger partial charge in [0.05, 0.1) is 11.4 Å². The molecule has 1 aromatic carbocycles. The highest BCUT2D eigenvalue weighted by Gasteiger charge is 2.19. The molecule has 0 fully saturated rings. The Balaban J connectivity index is 2.64. The number of benzene rings is 1. The molecule has 1 heterocycles. The van der Waals surface area contributed by atoms with E-state index in [9.17, 15) is 9.90 Å². The van der Waals surface area contributed by atoms with E-state index in [1.807, 2.05) is 38.1 Å². The fraction of sp³-hybridized carbons (Fsp3) is 0.250. The minimum Gasteiger partial charge on any atom is -0.476 e. The number of hydrogen-bond donors (Lipinski definition) is 1. The van der Waals surface area contributed by atoms with Crippen LogP contribution in [-0.4, -0.2) is 26.1 Å². The van der Waals surface area contributed by atoms with Crippen molar-refractivity contribution in [2.75, 3.05) is 0 Å². The molecule has 0 saturated carbocycles. The van der Waals surface area contributed by atoms with Crippen LogP contribution in [0.4, 0.5) is 0 Å². The van der Waals surface area contributed by atoms with E-state index in [2.05, 4.69) is 10.3 Å². The number of aromatic nitrogens is 3. The lowest BCUT2D eigenvalue weighted by atomic mass is 10.2. The topological polar surface area (TPSA) is 68.0 Å². The highest BCUT2D eigenvalue weighted by molar-refractivity contribution is 5.87. The second-order valence-corrected chi connectivity index (χ2v) is 3.74. The number of nitrogens with zero attached hydrogens (tertiary/aromatic N) is 3. The van der Waals surface area contributed by atoms with Crippen molar-refractivity contribution in [3.63, 3.8) is 0 Å². The Morgan fingerprint density at radius 3 is 2.71 bits per heavy atom. The van der Waals surface area contributed by atoms with Gasteiger partial charge in [0.15, 0.2) is 5.69 Å². The molecule has 0 spiro atoms. The van der Waals surface area contributed by atoms with E-state index in [0.29, 0.717) is 12.1 Å². The van der Waals surface area contributed by atoms with Crippen LogP contribution in [0, 0.1) is 6.92 Å². The van der Waals surface area contributed by atoms with E-state index in [4.69, 9.17) is 0 Å². The highest BCUT2D eigenvalue weighted by atomic mass is 16.4. The first-order valence-corrected chi connectivity index (χ1v) is 5.39. The van der Waals surface area contributed by atoms with Crippen molar-refractivity contribution < 1.29 is 9.90 Å². The van der Waals surface area contributed by atoms with E-state index >= 15 is 0 Å². The lowest BCUT2D eigenvalue weighted by molar-refractivity contribution is 0.0686. The van der Waals surface area contributed by atoms with Crippen LogP contribution in [0.25, 0.3) is 5.69 Å². The molecule has 0 atom stereocenters. The summed E-state index contributed by atoms with van der Waals surface area (Å²) in [5.41, 5.74) is 2.35. The predicted molar refractivity (Wildman–Crippen MR) is 62.4 cm³/mol. The van der Waals surface area contributed by atoms with Crippen molar-refractivity contribution in [2.45, 2.75) is 20.3 Å². The number of carboxylic acid groups (broad SMARTS) is 1. The van der Waals surface area contributed by atoms with Crippen molar-refractivity contribution in [3.05, 3.63) is 41.2 Å². The zero-order valence-electron chi connectivity index (χ0n) is 9.71. The zero-order valence-corrected chi connectivity index (χ0v) is 9.71. The van der Waals surface area contributed by atoms with Crippen molar-refractivity contribution in [1.82, 2.24) is 15.0 Å². The Hall–Kier alpha value is -2.17. The fourth-order valence-corrected chi connectivity index (χ4v) is 1.73. The third-order valence-electron chi connectivity index (χ3n) is 2.62. The molecule has 0 bridgehead atoms. The van der Waals surface area contributed by atoms with Gasteiger partial charge in [0, 0.05) is 0 Å². The Morgan fingerprint density at radius 2 is 2.12 bits per heavy atom. The van der Waals surface area contributed by atoms with Crippen LogP contribution in [0.2, 0.25) is 0 Å². The highest BCUT2D eigenvalue weighted by Crippen LogP contribution is 2.16. The van der Waals surface area contributed by atoms with Gasteiger partial charge >= 0.3 is 5.97 Å². The Kier molecular flexibility index (Phi) is 2.91. The summed E-state index contributed by atoms with van der Waals surface area (Å²) in [5.74, 6) is -1.00.